The summed E-state index contributed by atoms with van der Waals surface area (Å²) in [5.74, 6) is -2.40. The Labute approximate surface area is 561 Å². The molecule has 1 spiro atoms. The number of aliphatic hydroxyl groups excluding tert-OH is 1. The Bertz CT molecular complexity index is 3700. The first-order valence-electron chi connectivity index (χ1n) is 32.8. The zero-order chi connectivity index (χ0) is 69.1. The minimum atomic E-state index is -1.47. The van der Waals surface area contributed by atoms with E-state index in [2.05, 4.69) is 31.9 Å². The maximum absolute atomic E-state index is 14.5. The Balaban J connectivity index is 0.680. The third kappa shape index (κ3) is 16.7. The molecule has 0 aromatic heterocycles. The number of ether oxygens (including phenoxy) is 6. The second-order valence-electron chi connectivity index (χ2n) is 25.4. The summed E-state index contributed by atoms with van der Waals surface area (Å²) in [5.41, 5.74) is 4.19. The molecule has 6 aliphatic rings. The molecule has 0 bridgehead atoms. The minimum Gasteiger partial charge on any atom is -0.497 e. The van der Waals surface area contributed by atoms with Gasteiger partial charge in [0.05, 0.1) is 82.2 Å². The number of methoxy groups -OCH3 is 3. The van der Waals surface area contributed by atoms with Crippen LogP contribution in [0.4, 0.5) is 21.9 Å². The lowest BCUT2D eigenvalue weighted by atomic mass is 10.0. The Morgan fingerprint density at radius 3 is 2.00 bits per heavy atom. The highest BCUT2D eigenvalue weighted by Crippen LogP contribution is 2.57. The fourth-order valence-electron chi connectivity index (χ4n) is 12.5. The molecule has 0 radical (unpaired) electrons. The van der Waals surface area contributed by atoms with Crippen LogP contribution in [0.3, 0.4) is 0 Å². The van der Waals surface area contributed by atoms with Crippen molar-refractivity contribution < 1.29 is 81.5 Å². The molecule has 516 valence electrons. The van der Waals surface area contributed by atoms with Crippen molar-refractivity contribution in [3.05, 3.63) is 113 Å². The fraction of sp³-hybridized carbons (Fsp3) is 0.457. The number of fused-ring (bicyclic) bond motifs is 4. The lowest BCUT2D eigenvalue weighted by Crippen LogP contribution is -2.55. The number of imide groups is 1. The van der Waals surface area contributed by atoms with Gasteiger partial charge in [-0.05, 0) is 129 Å². The topological polar surface area (TPSA) is 331 Å². The fourth-order valence-corrected chi connectivity index (χ4v) is 12.5. The lowest BCUT2D eigenvalue weighted by molar-refractivity contribution is -0.137. The summed E-state index contributed by atoms with van der Waals surface area (Å²) in [7, 11) is 4.62. The number of carbonyl (C=O) groups excluding carboxylic acids is 10. The van der Waals surface area contributed by atoms with E-state index in [0.717, 1.165) is 39.5 Å². The van der Waals surface area contributed by atoms with E-state index in [0.29, 0.717) is 105 Å². The Kier molecular flexibility index (Phi) is 22.4. The van der Waals surface area contributed by atoms with Gasteiger partial charge in [0, 0.05) is 62.2 Å². The smallest absolute Gasteiger partial charge is 0.416 e. The van der Waals surface area contributed by atoms with Crippen LogP contribution in [0.1, 0.15) is 123 Å². The van der Waals surface area contributed by atoms with Crippen molar-refractivity contribution >= 4 is 81.9 Å². The average Bonchev–Trinajstić information content (AvgIpc) is 1.56. The van der Waals surface area contributed by atoms with Crippen LogP contribution in [0.5, 0.6) is 28.7 Å². The van der Waals surface area contributed by atoms with Gasteiger partial charge in [-0.15, -0.1) is 0 Å². The van der Waals surface area contributed by atoms with Crippen LogP contribution in [-0.2, 0) is 44.9 Å². The van der Waals surface area contributed by atoms with Gasteiger partial charge in [-0.3, -0.25) is 48.1 Å². The molecule has 7 N–H and O–H groups in total. The molecule has 0 unspecified atom stereocenters. The number of amides is 10. The molecule has 27 nitrogen and oxygen atoms in total. The van der Waals surface area contributed by atoms with Crippen LogP contribution < -0.4 is 60.5 Å². The Morgan fingerprint density at radius 1 is 0.691 bits per heavy atom. The average molecular weight is 1340 g/mol. The second-order valence-corrected chi connectivity index (χ2v) is 25.4. The number of hydrogen-bond acceptors (Lipinski definition) is 18. The van der Waals surface area contributed by atoms with Gasteiger partial charge in [0.2, 0.25) is 29.5 Å². The predicted molar refractivity (Wildman–Crippen MR) is 354 cm³/mol. The maximum atomic E-state index is 14.5. The van der Waals surface area contributed by atoms with Gasteiger partial charge >= 0.3 is 6.09 Å². The van der Waals surface area contributed by atoms with Gasteiger partial charge in [0.25, 0.3) is 23.6 Å². The molecule has 2 fully saturated rings. The van der Waals surface area contributed by atoms with E-state index in [1.807, 2.05) is 36.5 Å². The third-order valence-corrected chi connectivity index (χ3v) is 18.2. The van der Waals surface area contributed by atoms with Gasteiger partial charge in [0.15, 0.2) is 29.2 Å². The van der Waals surface area contributed by atoms with E-state index < -0.39 is 66.5 Å². The summed E-state index contributed by atoms with van der Waals surface area (Å²) >= 11 is 0. The van der Waals surface area contributed by atoms with E-state index in [9.17, 15) is 53.1 Å². The van der Waals surface area contributed by atoms with Crippen molar-refractivity contribution in [2.24, 2.45) is 11.3 Å². The summed E-state index contributed by atoms with van der Waals surface area (Å²) in [4.78, 5) is 136. The molecule has 1 aliphatic carbocycles. The molecule has 10 amide bonds. The number of unbranched alkanes of at least 4 members (excludes halogenated alkanes) is 4. The largest absolute Gasteiger partial charge is 0.497 e. The number of rotatable bonds is 30. The highest BCUT2D eigenvalue weighted by Gasteiger charge is 2.58. The van der Waals surface area contributed by atoms with Crippen molar-refractivity contribution in [2.45, 2.75) is 128 Å². The maximum Gasteiger partial charge on any atom is 0.416 e. The van der Waals surface area contributed by atoms with E-state index in [-0.39, 0.29) is 96.5 Å². The second kappa shape index (κ2) is 31.1. The first-order chi connectivity index (χ1) is 46.7. The van der Waals surface area contributed by atoms with E-state index in [1.54, 1.807) is 61.1 Å². The molecule has 5 aliphatic heterocycles. The van der Waals surface area contributed by atoms with Gasteiger partial charge in [-0.2, -0.15) is 0 Å². The number of carbonyl (C=O) groups is 10. The number of hydrogen-bond donors (Lipinski definition) is 7. The molecular formula is C70H84N10O17. The first kappa shape index (κ1) is 69.6. The zero-order valence-corrected chi connectivity index (χ0v) is 55.3. The van der Waals surface area contributed by atoms with E-state index in [1.165, 1.54) is 45.4 Å². The number of anilines is 3. The molecule has 4 aromatic rings. The molecule has 27 heteroatoms. The van der Waals surface area contributed by atoms with Gasteiger partial charge in [0.1, 0.15) is 24.4 Å². The number of benzene rings is 4. The normalized spacial score (nSPS) is 18.5. The monoisotopic (exact) mass is 1340 g/mol. The van der Waals surface area contributed by atoms with Crippen molar-refractivity contribution in [1.29, 1.82) is 0 Å². The van der Waals surface area contributed by atoms with Crippen LogP contribution in [0.15, 0.2) is 91.1 Å². The standard InChI is InChI=1S/C70H84N10O17/c1-41(2)63(76-60(83)37-73-59(82)36-72-58(81)13-9-7-10-26-77-61(84)22-23-62(77)85)65(87)74-42(3)64(86)75-46-18-14-43(15-19-46)39-97-69(91)80-52-33-57(55(94-6)31-50(52)67(89)79-40-70(24-25-70)34-53(79)68(80)90)96-28-12-8-11-27-95-56-32-51-49(30-54(56)93-5)66(88)78-38-45(29-47(78)35-71-51)44-16-20-48(92-4)21-17-44/h14-23,30-33,38,41-42,47,53,63,68,71,90H,7-13,24-29,34-37,39-40H2,1-6H3,(H,72,81)(H,73,82)(H,74,87)(H,75,86)(H,76,83)/t42-,47-,53-,63-,68-/m0/s1. The molecule has 5 heterocycles. The molecule has 4 aromatic carbocycles. The summed E-state index contributed by atoms with van der Waals surface area (Å²) in [6, 6.07) is 17.8. The third-order valence-electron chi connectivity index (χ3n) is 18.2. The molecule has 97 heavy (non-hydrogen) atoms. The summed E-state index contributed by atoms with van der Waals surface area (Å²) in [5, 5.41) is 28.4. The van der Waals surface area contributed by atoms with Gasteiger partial charge in [-0.1, -0.05) is 44.5 Å². The highest BCUT2D eigenvalue weighted by molar-refractivity contribution is 6.13. The van der Waals surface area contributed by atoms with Crippen LogP contribution in [-0.4, -0.2) is 177 Å². The zero-order valence-electron chi connectivity index (χ0n) is 55.3. The predicted octanol–water partition coefficient (Wildman–Crippen LogP) is 5.79. The van der Waals surface area contributed by atoms with E-state index in [4.69, 9.17) is 28.4 Å². The van der Waals surface area contributed by atoms with Crippen LogP contribution in [0.2, 0.25) is 0 Å². The van der Waals surface area contributed by atoms with Crippen LogP contribution in [0, 0.1) is 11.3 Å². The first-order valence-corrected chi connectivity index (χ1v) is 32.8. The van der Waals surface area contributed by atoms with Crippen molar-refractivity contribution in [1.82, 2.24) is 36.0 Å². The molecule has 10 rings (SSSR count). The number of aliphatic hydroxyl groups is 1. The Hall–Kier alpha value is -10.2. The molecule has 1 saturated heterocycles. The number of nitrogens with one attached hydrogen (secondary N) is 6. The lowest BCUT2D eigenvalue weighted by Gasteiger charge is -2.31. The number of nitrogens with zero attached hydrogens (tertiary/aromatic N) is 4. The van der Waals surface area contributed by atoms with Crippen LogP contribution in [0.25, 0.3) is 5.57 Å². The summed E-state index contributed by atoms with van der Waals surface area (Å²) in [6.45, 7) is 5.52. The van der Waals surface area contributed by atoms with Gasteiger partial charge in [-0.25, -0.2) is 9.69 Å². The SMILES string of the molecule is COc1ccc(C2=CN3C(=O)c4cc(OC)c(OCCCCCOc5cc6c(cc5OC)C(=O)N5CC7(CC7)C[C@H]5[C@H](O)N6C(=O)OCc5ccc(NC(=O)[C@H](C)NC(=O)[C@@H](NC(=O)CNC(=O)CNC(=O)CCCCCN6C(=O)C=CC6=O)C(C)C)cc5)cc4NC[C@@H]3C2)cc1. The van der Waals surface area contributed by atoms with Crippen LogP contribution >= 0.6 is 0 Å². The minimum absolute atomic E-state index is 0.0747. The molecule has 5 atom stereocenters. The van der Waals surface area contributed by atoms with Crippen molar-refractivity contribution in [3.63, 3.8) is 0 Å². The highest BCUT2D eigenvalue weighted by atomic mass is 16.6. The molecular weight excluding hydrogens is 1250 g/mol. The quantitative estimate of drug-likeness (QED) is 0.0240. The van der Waals surface area contributed by atoms with E-state index >= 15 is 0 Å². The van der Waals surface area contributed by atoms with Crippen molar-refractivity contribution in [3.8, 4) is 28.7 Å². The van der Waals surface area contributed by atoms with Crippen molar-refractivity contribution in [2.75, 3.05) is 82.8 Å². The van der Waals surface area contributed by atoms with Gasteiger partial charge < -0.3 is 75.2 Å². The summed E-state index contributed by atoms with van der Waals surface area (Å²) < 4.78 is 35.2. The molecule has 1 saturated carbocycles. The summed E-state index contributed by atoms with van der Waals surface area (Å²) in [6.07, 6.45) is 8.56. The Morgan fingerprint density at radius 2 is 1.34 bits per heavy atom.